The summed E-state index contributed by atoms with van der Waals surface area (Å²) in [7, 11) is 0. The van der Waals surface area contributed by atoms with E-state index < -0.39 is 10.8 Å². The molecule has 2 aromatic carbocycles. The van der Waals surface area contributed by atoms with Crippen LogP contribution in [-0.2, 0) is 9.59 Å². The van der Waals surface area contributed by atoms with Crippen LogP contribution in [0.2, 0.25) is 0 Å². The minimum atomic E-state index is -0.483. The van der Waals surface area contributed by atoms with Gasteiger partial charge in [-0.1, -0.05) is 23.5 Å². The number of rotatable bonds is 4. The minimum absolute atomic E-state index is 0.0235. The largest absolute Gasteiger partial charge is 0.311 e. The number of amides is 2. The second kappa shape index (κ2) is 7.25. The molecule has 4 rings (SSSR count). The Morgan fingerprint density at radius 1 is 1.28 bits per heavy atom. The van der Waals surface area contributed by atoms with Crippen molar-refractivity contribution in [2.24, 2.45) is 5.92 Å². The standard InChI is InChI=1S/C20H18N4O4S/c1-11-3-4-12(2)16(7-11)23-10-13(8-18(23)25)19(26)22-20-21-15-6-5-14(24(27)28)9-17(15)29-20/h3-7,9,13H,8,10H2,1-2H3,(H,21,22,26). The maximum atomic E-state index is 12.7. The summed E-state index contributed by atoms with van der Waals surface area (Å²) < 4.78 is 0.619. The van der Waals surface area contributed by atoms with Crippen molar-refractivity contribution in [1.29, 1.82) is 0 Å². The lowest BCUT2D eigenvalue weighted by atomic mass is 10.1. The Bertz CT molecular complexity index is 1160. The fourth-order valence-corrected chi connectivity index (χ4v) is 4.32. The fourth-order valence-electron chi connectivity index (χ4n) is 3.41. The van der Waals surface area contributed by atoms with E-state index in [-0.39, 0.29) is 23.9 Å². The Labute approximate surface area is 170 Å². The molecule has 3 aromatic rings. The number of hydrogen-bond donors (Lipinski definition) is 1. The molecule has 2 amide bonds. The van der Waals surface area contributed by atoms with Gasteiger partial charge < -0.3 is 10.2 Å². The number of nitrogens with zero attached hydrogens (tertiary/aromatic N) is 3. The number of fused-ring (bicyclic) bond motifs is 1. The average Bonchev–Trinajstić information content (AvgIpc) is 3.25. The van der Waals surface area contributed by atoms with Gasteiger partial charge in [0.1, 0.15) is 0 Å². The van der Waals surface area contributed by atoms with Crippen LogP contribution in [0, 0.1) is 29.9 Å². The van der Waals surface area contributed by atoms with Crippen molar-refractivity contribution in [2.45, 2.75) is 20.3 Å². The number of thiazole rings is 1. The Morgan fingerprint density at radius 3 is 2.83 bits per heavy atom. The van der Waals surface area contributed by atoms with Crippen LogP contribution in [0.4, 0.5) is 16.5 Å². The van der Waals surface area contributed by atoms with Crippen LogP contribution in [-0.4, -0.2) is 28.3 Å². The molecule has 1 aromatic heterocycles. The van der Waals surface area contributed by atoms with Gasteiger partial charge in [0.15, 0.2) is 5.13 Å². The predicted molar refractivity (Wildman–Crippen MR) is 111 cm³/mol. The maximum absolute atomic E-state index is 12.7. The van der Waals surface area contributed by atoms with Crippen molar-refractivity contribution in [1.82, 2.24) is 4.98 Å². The molecule has 9 heteroatoms. The zero-order valence-electron chi connectivity index (χ0n) is 15.8. The van der Waals surface area contributed by atoms with Crippen molar-refractivity contribution in [3.8, 4) is 0 Å². The summed E-state index contributed by atoms with van der Waals surface area (Å²) in [5.41, 5.74) is 3.42. The van der Waals surface area contributed by atoms with Gasteiger partial charge >= 0.3 is 0 Å². The molecule has 1 unspecified atom stereocenters. The van der Waals surface area contributed by atoms with E-state index >= 15 is 0 Å². The zero-order valence-corrected chi connectivity index (χ0v) is 16.7. The highest BCUT2D eigenvalue weighted by Gasteiger charge is 2.36. The third kappa shape index (κ3) is 3.68. The van der Waals surface area contributed by atoms with Crippen LogP contribution in [0.15, 0.2) is 36.4 Å². The van der Waals surface area contributed by atoms with Crippen LogP contribution in [0.25, 0.3) is 10.2 Å². The van der Waals surface area contributed by atoms with Crippen molar-refractivity contribution in [3.63, 3.8) is 0 Å². The number of aromatic nitrogens is 1. The van der Waals surface area contributed by atoms with Gasteiger partial charge in [-0.3, -0.25) is 19.7 Å². The molecule has 2 heterocycles. The smallest absolute Gasteiger partial charge is 0.270 e. The van der Waals surface area contributed by atoms with E-state index in [0.717, 1.165) is 16.8 Å². The lowest BCUT2D eigenvalue weighted by Gasteiger charge is -2.19. The molecule has 29 heavy (non-hydrogen) atoms. The average molecular weight is 410 g/mol. The number of non-ortho nitro benzene ring substituents is 1. The summed E-state index contributed by atoms with van der Waals surface area (Å²) in [4.78, 5) is 41.6. The summed E-state index contributed by atoms with van der Waals surface area (Å²) in [6.07, 6.45) is 0.135. The first kappa shape index (κ1) is 19.0. The number of nitrogens with one attached hydrogen (secondary N) is 1. The Kier molecular flexibility index (Phi) is 4.75. The lowest BCUT2D eigenvalue weighted by molar-refractivity contribution is -0.384. The molecule has 8 nitrogen and oxygen atoms in total. The summed E-state index contributed by atoms with van der Waals surface area (Å²) in [6, 6.07) is 10.3. The van der Waals surface area contributed by atoms with Gasteiger partial charge in [-0.15, -0.1) is 0 Å². The highest BCUT2D eigenvalue weighted by atomic mass is 32.1. The predicted octanol–water partition coefficient (Wildman–Crippen LogP) is 3.81. The SMILES string of the molecule is Cc1ccc(C)c(N2CC(C(=O)Nc3nc4ccc([N+](=O)[O-])cc4s3)CC2=O)c1. The monoisotopic (exact) mass is 410 g/mol. The molecule has 0 radical (unpaired) electrons. The second-order valence-electron chi connectivity index (χ2n) is 7.11. The summed E-state index contributed by atoms with van der Waals surface area (Å²) >= 11 is 1.17. The third-order valence-electron chi connectivity index (χ3n) is 4.96. The summed E-state index contributed by atoms with van der Waals surface area (Å²) in [6.45, 7) is 4.21. The van der Waals surface area contributed by atoms with Crippen LogP contribution in [0.3, 0.4) is 0 Å². The summed E-state index contributed by atoms with van der Waals surface area (Å²) in [5, 5.41) is 14.0. The number of nitro groups is 1. The Hall–Kier alpha value is -3.33. The number of anilines is 2. The molecule has 1 saturated heterocycles. The quantitative estimate of drug-likeness (QED) is 0.520. The molecule has 1 aliphatic heterocycles. The van der Waals surface area contributed by atoms with E-state index in [0.29, 0.717) is 21.9 Å². The van der Waals surface area contributed by atoms with Crippen molar-refractivity contribution in [2.75, 3.05) is 16.8 Å². The van der Waals surface area contributed by atoms with E-state index in [9.17, 15) is 19.7 Å². The number of carbonyl (C=O) groups is 2. The van der Waals surface area contributed by atoms with Gasteiger partial charge in [0, 0.05) is 30.8 Å². The van der Waals surface area contributed by atoms with E-state index in [2.05, 4.69) is 10.3 Å². The highest BCUT2D eigenvalue weighted by molar-refractivity contribution is 7.22. The molecule has 0 bridgehead atoms. The van der Waals surface area contributed by atoms with E-state index in [1.54, 1.807) is 11.0 Å². The maximum Gasteiger partial charge on any atom is 0.270 e. The number of nitro benzene ring substituents is 1. The lowest BCUT2D eigenvalue weighted by Crippen LogP contribution is -2.28. The normalized spacial score (nSPS) is 16.4. The molecule has 1 fully saturated rings. The highest BCUT2D eigenvalue weighted by Crippen LogP contribution is 2.32. The molecule has 0 spiro atoms. The zero-order chi connectivity index (χ0) is 20.7. The fraction of sp³-hybridized carbons (Fsp3) is 0.250. The van der Waals surface area contributed by atoms with Crippen molar-refractivity contribution < 1.29 is 14.5 Å². The Balaban J connectivity index is 1.50. The number of hydrogen-bond acceptors (Lipinski definition) is 6. The first-order chi connectivity index (χ1) is 13.8. The van der Waals surface area contributed by atoms with Gasteiger partial charge in [-0.2, -0.15) is 0 Å². The van der Waals surface area contributed by atoms with Crippen molar-refractivity contribution in [3.05, 3.63) is 57.6 Å². The van der Waals surface area contributed by atoms with Crippen LogP contribution in [0.1, 0.15) is 17.5 Å². The molecule has 1 atom stereocenters. The summed E-state index contributed by atoms with van der Waals surface area (Å²) in [5.74, 6) is -0.845. The van der Waals surface area contributed by atoms with Gasteiger partial charge in [0.25, 0.3) is 5.69 Å². The van der Waals surface area contributed by atoms with Gasteiger partial charge in [0.2, 0.25) is 11.8 Å². The number of aryl methyl sites for hydroxylation is 2. The molecular weight excluding hydrogens is 392 g/mol. The van der Waals surface area contributed by atoms with Gasteiger partial charge in [-0.25, -0.2) is 4.98 Å². The minimum Gasteiger partial charge on any atom is -0.311 e. The molecule has 1 aliphatic rings. The molecule has 1 N–H and O–H groups in total. The van der Waals surface area contributed by atoms with Gasteiger partial charge in [-0.05, 0) is 37.1 Å². The molecular formula is C20H18N4O4S. The molecule has 0 aliphatic carbocycles. The Morgan fingerprint density at radius 2 is 2.07 bits per heavy atom. The van der Waals surface area contributed by atoms with E-state index in [1.807, 2.05) is 32.0 Å². The number of carbonyl (C=O) groups excluding carboxylic acids is 2. The first-order valence-corrected chi connectivity index (χ1v) is 9.87. The van der Waals surface area contributed by atoms with Gasteiger partial charge in [0.05, 0.1) is 21.1 Å². The third-order valence-corrected chi connectivity index (χ3v) is 5.90. The first-order valence-electron chi connectivity index (χ1n) is 9.05. The second-order valence-corrected chi connectivity index (χ2v) is 8.14. The topological polar surface area (TPSA) is 105 Å². The van der Waals surface area contributed by atoms with E-state index in [1.165, 1.54) is 23.5 Å². The van der Waals surface area contributed by atoms with Crippen molar-refractivity contribution >= 4 is 49.9 Å². The van der Waals surface area contributed by atoms with Crippen LogP contribution < -0.4 is 10.2 Å². The molecule has 0 saturated carbocycles. The van der Waals surface area contributed by atoms with E-state index in [4.69, 9.17) is 0 Å². The number of benzene rings is 2. The van der Waals surface area contributed by atoms with Crippen LogP contribution >= 0.6 is 11.3 Å². The van der Waals surface area contributed by atoms with Crippen LogP contribution in [0.5, 0.6) is 0 Å². The molecule has 148 valence electrons.